The number of aromatic nitrogens is 3. The first-order valence-electron chi connectivity index (χ1n) is 10.9. The molecule has 0 saturated carbocycles. The molecule has 1 aliphatic heterocycles. The average molecular weight is 504 g/mol. The predicted octanol–water partition coefficient (Wildman–Crippen LogP) is 4.31. The van der Waals surface area contributed by atoms with Crippen molar-refractivity contribution in [3.05, 3.63) is 41.5 Å². The van der Waals surface area contributed by atoms with Crippen molar-refractivity contribution < 1.29 is 19.1 Å². The second-order valence-corrected chi connectivity index (χ2v) is 11.1. The largest absolute Gasteiger partial charge is 0.476 e. The van der Waals surface area contributed by atoms with Crippen LogP contribution >= 0.6 is 23.1 Å². The zero-order valence-corrected chi connectivity index (χ0v) is 21.0. The van der Waals surface area contributed by atoms with Crippen LogP contribution < -0.4 is 4.90 Å². The van der Waals surface area contributed by atoms with E-state index in [1.165, 1.54) is 28.2 Å². The summed E-state index contributed by atoms with van der Waals surface area (Å²) in [5.74, 6) is -0.778. The van der Waals surface area contributed by atoms with Crippen LogP contribution in [0.2, 0.25) is 0 Å². The van der Waals surface area contributed by atoms with Crippen molar-refractivity contribution in [1.82, 2.24) is 19.7 Å². The maximum atomic E-state index is 13.9. The van der Waals surface area contributed by atoms with Gasteiger partial charge in [0.15, 0.2) is 11.5 Å². The summed E-state index contributed by atoms with van der Waals surface area (Å²) in [6.45, 7) is 9.97. The molecule has 180 valence electrons. The Balaban J connectivity index is 1.78. The van der Waals surface area contributed by atoms with Gasteiger partial charge in [-0.2, -0.15) is 14.8 Å². The first kappa shape index (κ1) is 24.2. The van der Waals surface area contributed by atoms with Crippen molar-refractivity contribution in [2.45, 2.75) is 37.2 Å². The first-order chi connectivity index (χ1) is 16.2. The fourth-order valence-electron chi connectivity index (χ4n) is 3.95. The van der Waals surface area contributed by atoms with Gasteiger partial charge in [0.1, 0.15) is 10.0 Å². The molecule has 11 heteroatoms. The third-order valence-corrected chi connectivity index (χ3v) is 7.71. The molecule has 1 aromatic carbocycles. The molecule has 34 heavy (non-hydrogen) atoms. The quantitative estimate of drug-likeness (QED) is 0.501. The molecule has 0 aliphatic carbocycles. The Morgan fingerprint density at radius 2 is 1.91 bits per heavy atom. The molecule has 0 radical (unpaired) electrons. The fourth-order valence-corrected chi connectivity index (χ4v) is 6.44. The first-order valence-corrected chi connectivity index (χ1v) is 12.6. The maximum absolute atomic E-state index is 13.9. The lowest BCUT2D eigenvalue weighted by molar-refractivity contribution is -0.129. The fraction of sp³-hybridized carbons (Fsp3) is 0.391. The van der Waals surface area contributed by atoms with Gasteiger partial charge in [0.2, 0.25) is 11.0 Å². The Morgan fingerprint density at radius 3 is 2.50 bits per heavy atom. The summed E-state index contributed by atoms with van der Waals surface area (Å²) in [5.41, 5.74) is 1.26. The van der Waals surface area contributed by atoms with Crippen LogP contribution in [0.4, 0.5) is 10.2 Å². The van der Waals surface area contributed by atoms with Gasteiger partial charge in [-0.25, -0.2) is 9.18 Å². The molecule has 1 aliphatic rings. The molecule has 8 nitrogen and oxygen atoms in total. The van der Waals surface area contributed by atoms with E-state index >= 15 is 0 Å². The number of amides is 1. The number of carboxylic acid groups (broad SMARTS) is 1. The molecule has 4 rings (SSSR count). The number of carbonyl (C=O) groups excluding carboxylic acids is 1. The van der Waals surface area contributed by atoms with Crippen molar-refractivity contribution in [2.75, 3.05) is 31.1 Å². The smallest absolute Gasteiger partial charge is 0.355 e. The van der Waals surface area contributed by atoms with E-state index in [9.17, 15) is 19.1 Å². The number of hydrogen-bond donors (Lipinski definition) is 1. The van der Waals surface area contributed by atoms with Crippen molar-refractivity contribution in [3.63, 3.8) is 0 Å². The van der Waals surface area contributed by atoms with E-state index < -0.39 is 11.8 Å². The molecule has 1 N–H and O–H groups in total. The molecular formula is C23H26FN5O3S2. The number of piperazine rings is 1. The van der Waals surface area contributed by atoms with E-state index in [2.05, 4.69) is 23.8 Å². The van der Waals surface area contributed by atoms with Gasteiger partial charge in [-0.1, -0.05) is 37.3 Å². The highest BCUT2D eigenvalue weighted by Gasteiger charge is 2.29. The van der Waals surface area contributed by atoms with E-state index in [0.717, 1.165) is 10.0 Å². The van der Waals surface area contributed by atoms with Gasteiger partial charge in [0.25, 0.3) is 0 Å². The molecule has 0 spiro atoms. The summed E-state index contributed by atoms with van der Waals surface area (Å²) in [5, 5.41) is 15.3. The van der Waals surface area contributed by atoms with Crippen LogP contribution in [0.3, 0.4) is 0 Å². The normalized spacial score (nSPS) is 14.2. The van der Waals surface area contributed by atoms with Gasteiger partial charge in [0.05, 0.1) is 5.69 Å². The molecule has 0 unspecified atom stereocenters. The Hall–Kier alpha value is -2.92. The highest BCUT2D eigenvalue weighted by atomic mass is 32.2. The number of carboxylic acids is 1. The summed E-state index contributed by atoms with van der Waals surface area (Å²) in [6.07, 6.45) is 0. The van der Waals surface area contributed by atoms with Gasteiger partial charge in [-0.15, -0.1) is 11.8 Å². The number of aromatic carboxylic acids is 1. The van der Waals surface area contributed by atoms with E-state index in [-0.39, 0.29) is 11.6 Å². The van der Waals surface area contributed by atoms with Crippen LogP contribution in [0.5, 0.6) is 0 Å². The number of thioether (sulfide) groups is 1. The number of thiazole rings is 1. The molecule has 1 fully saturated rings. The van der Waals surface area contributed by atoms with Crippen molar-refractivity contribution in [2.24, 2.45) is 0 Å². The summed E-state index contributed by atoms with van der Waals surface area (Å²) in [6, 6.07) is 5.85. The third-order valence-electron chi connectivity index (χ3n) is 5.49. The standard InChI is InChI=1S/C23H26FN5O3S2/c1-13(2)33-22-20(28-10-8-27(9-11-28)15(4)30)25-23(34-22)29-19(21(31)32)18(14(3)26-29)16-6-5-7-17(24)12-16/h5-7,12-13H,8-11H2,1-4H3,(H,31,32). The average Bonchev–Trinajstić information content (AvgIpc) is 3.34. The second kappa shape index (κ2) is 9.75. The number of nitrogens with zero attached hydrogens (tertiary/aromatic N) is 5. The van der Waals surface area contributed by atoms with E-state index in [1.54, 1.807) is 37.7 Å². The molecule has 3 aromatic rings. The summed E-state index contributed by atoms with van der Waals surface area (Å²) in [7, 11) is 0. The summed E-state index contributed by atoms with van der Waals surface area (Å²) >= 11 is 3.05. The molecule has 0 atom stereocenters. The molecule has 1 amide bonds. The zero-order chi connectivity index (χ0) is 24.6. The predicted molar refractivity (Wildman–Crippen MR) is 132 cm³/mol. The lowest BCUT2D eigenvalue weighted by Crippen LogP contribution is -2.48. The SMILES string of the molecule is CC(=O)N1CCN(c2nc(-n3nc(C)c(-c4cccc(F)c4)c3C(=O)O)sc2SC(C)C)CC1. The van der Waals surface area contributed by atoms with Gasteiger partial charge < -0.3 is 14.9 Å². The van der Waals surface area contributed by atoms with Crippen LogP contribution in [0.15, 0.2) is 28.5 Å². The van der Waals surface area contributed by atoms with Gasteiger partial charge in [-0.3, -0.25) is 4.79 Å². The maximum Gasteiger partial charge on any atom is 0.355 e. The van der Waals surface area contributed by atoms with Gasteiger partial charge >= 0.3 is 5.97 Å². The van der Waals surface area contributed by atoms with Gasteiger partial charge in [-0.05, 0) is 24.6 Å². The molecule has 1 saturated heterocycles. The van der Waals surface area contributed by atoms with Gasteiger partial charge in [0, 0.05) is 43.9 Å². The highest BCUT2D eigenvalue weighted by molar-refractivity contribution is 8.01. The Labute approximate surface area is 205 Å². The minimum atomic E-state index is -1.16. The minimum Gasteiger partial charge on any atom is -0.476 e. The highest BCUT2D eigenvalue weighted by Crippen LogP contribution is 2.41. The van der Waals surface area contributed by atoms with Crippen LogP contribution in [-0.2, 0) is 4.79 Å². The van der Waals surface area contributed by atoms with Crippen molar-refractivity contribution in [1.29, 1.82) is 0 Å². The molecular weight excluding hydrogens is 477 g/mol. The number of aryl methyl sites for hydroxylation is 1. The number of anilines is 1. The van der Waals surface area contributed by atoms with Crippen LogP contribution in [0.1, 0.15) is 37.0 Å². The lowest BCUT2D eigenvalue weighted by atomic mass is 10.0. The van der Waals surface area contributed by atoms with E-state index in [0.29, 0.717) is 53.4 Å². The minimum absolute atomic E-state index is 0.0501. The lowest BCUT2D eigenvalue weighted by Gasteiger charge is -2.34. The Kier molecular flexibility index (Phi) is 6.94. The number of carbonyl (C=O) groups is 2. The Bertz CT molecular complexity index is 1230. The van der Waals surface area contributed by atoms with E-state index in [4.69, 9.17) is 4.98 Å². The van der Waals surface area contributed by atoms with Crippen LogP contribution in [0.25, 0.3) is 16.3 Å². The van der Waals surface area contributed by atoms with Crippen molar-refractivity contribution >= 4 is 40.8 Å². The van der Waals surface area contributed by atoms with Crippen LogP contribution in [0, 0.1) is 12.7 Å². The number of halogens is 1. The summed E-state index contributed by atoms with van der Waals surface area (Å²) in [4.78, 5) is 32.8. The number of hydrogen-bond acceptors (Lipinski definition) is 7. The van der Waals surface area contributed by atoms with Crippen LogP contribution in [-0.4, -0.2) is 68.1 Å². The monoisotopic (exact) mass is 503 g/mol. The Morgan fingerprint density at radius 1 is 1.21 bits per heavy atom. The van der Waals surface area contributed by atoms with E-state index in [1.807, 2.05) is 4.90 Å². The topological polar surface area (TPSA) is 91.6 Å². The zero-order valence-electron chi connectivity index (χ0n) is 19.4. The molecule has 0 bridgehead atoms. The molecule has 2 aromatic heterocycles. The number of benzene rings is 1. The summed E-state index contributed by atoms with van der Waals surface area (Å²) < 4.78 is 16.2. The number of rotatable bonds is 6. The second-order valence-electron chi connectivity index (χ2n) is 8.30. The third kappa shape index (κ3) is 4.80. The van der Waals surface area contributed by atoms with Crippen molar-refractivity contribution in [3.8, 4) is 16.3 Å². The molecule has 3 heterocycles.